The molecule has 0 atom stereocenters. The Bertz CT molecular complexity index is 722. The summed E-state index contributed by atoms with van der Waals surface area (Å²) in [6, 6.07) is 5.89. The third-order valence-corrected chi connectivity index (χ3v) is 2.98. The lowest BCUT2D eigenvalue weighted by atomic mass is 10.2. The Hall–Kier alpha value is -2.73. The van der Waals surface area contributed by atoms with Crippen LogP contribution in [0.1, 0.15) is 16.1 Å². The van der Waals surface area contributed by atoms with Gasteiger partial charge in [0.15, 0.2) is 5.75 Å². The summed E-state index contributed by atoms with van der Waals surface area (Å²) in [5, 5.41) is 11.6. The first-order valence-corrected chi connectivity index (χ1v) is 6.52. The second-order valence-electron chi connectivity index (χ2n) is 4.18. The van der Waals surface area contributed by atoms with Gasteiger partial charge in [-0.2, -0.15) is 0 Å². The highest BCUT2D eigenvalue weighted by Crippen LogP contribution is 2.34. The van der Waals surface area contributed by atoms with Gasteiger partial charge in [-0.25, -0.2) is 4.79 Å². The smallest absolute Gasteiger partial charge is 0.335 e. The predicted molar refractivity (Wildman–Crippen MR) is 81.3 cm³/mol. The average Bonchev–Trinajstić information content (AvgIpc) is 2.98. The maximum Gasteiger partial charge on any atom is 0.335 e. The zero-order valence-electron chi connectivity index (χ0n) is 11.5. The van der Waals surface area contributed by atoms with E-state index in [2.05, 4.69) is 5.32 Å². The van der Waals surface area contributed by atoms with Crippen molar-refractivity contribution in [1.82, 2.24) is 0 Å². The van der Waals surface area contributed by atoms with E-state index >= 15 is 0 Å². The number of benzene rings is 1. The van der Waals surface area contributed by atoms with Crippen molar-refractivity contribution >= 4 is 35.2 Å². The SMILES string of the molecule is COc1c(Cl)cc(C(=O)O)cc1NC(=O)/C=C/c1ccco1. The number of nitrogens with one attached hydrogen (secondary N) is 1. The van der Waals surface area contributed by atoms with Gasteiger partial charge in [-0.15, -0.1) is 0 Å². The van der Waals surface area contributed by atoms with Gasteiger partial charge in [0.05, 0.1) is 29.6 Å². The normalized spacial score (nSPS) is 10.6. The molecule has 2 rings (SSSR count). The van der Waals surface area contributed by atoms with Crippen molar-refractivity contribution < 1.29 is 23.8 Å². The second kappa shape index (κ2) is 6.82. The Morgan fingerprint density at radius 2 is 2.18 bits per heavy atom. The lowest BCUT2D eigenvalue weighted by Gasteiger charge is -2.11. The van der Waals surface area contributed by atoms with Crippen LogP contribution < -0.4 is 10.1 Å². The zero-order valence-corrected chi connectivity index (χ0v) is 12.3. The number of aromatic carboxylic acids is 1. The number of anilines is 1. The number of hydrogen-bond acceptors (Lipinski definition) is 4. The van der Waals surface area contributed by atoms with E-state index in [0.29, 0.717) is 5.76 Å². The number of amides is 1. The molecule has 114 valence electrons. The summed E-state index contributed by atoms with van der Waals surface area (Å²) in [4.78, 5) is 22.9. The van der Waals surface area contributed by atoms with Gasteiger partial charge >= 0.3 is 5.97 Å². The first kappa shape index (κ1) is 15.7. The average molecular weight is 322 g/mol. The van der Waals surface area contributed by atoms with Crippen molar-refractivity contribution in [1.29, 1.82) is 0 Å². The molecule has 1 aromatic carbocycles. The van der Waals surface area contributed by atoms with Crippen LogP contribution in [0.5, 0.6) is 5.75 Å². The van der Waals surface area contributed by atoms with E-state index in [0.717, 1.165) is 0 Å². The van der Waals surface area contributed by atoms with Crippen LogP contribution in [0.2, 0.25) is 5.02 Å². The highest BCUT2D eigenvalue weighted by Gasteiger charge is 2.15. The van der Waals surface area contributed by atoms with E-state index in [1.54, 1.807) is 12.1 Å². The summed E-state index contributed by atoms with van der Waals surface area (Å²) in [6.45, 7) is 0. The summed E-state index contributed by atoms with van der Waals surface area (Å²) in [7, 11) is 1.37. The van der Waals surface area contributed by atoms with Crippen molar-refractivity contribution in [3.8, 4) is 5.75 Å². The van der Waals surface area contributed by atoms with Gasteiger partial charge in [0.25, 0.3) is 0 Å². The molecule has 0 fully saturated rings. The van der Waals surface area contributed by atoms with Gasteiger partial charge in [-0.1, -0.05) is 11.6 Å². The number of carbonyl (C=O) groups is 2. The molecule has 1 amide bonds. The molecule has 1 heterocycles. The molecule has 0 aliphatic heterocycles. The van der Waals surface area contributed by atoms with Crippen LogP contribution in [0.3, 0.4) is 0 Å². The summed E-state index contributed by atoms with van der Waals surface area (Å²) in [6.07, 6.45) is 4.21. The molecule has 0 saturated carbocycles. The molecule has 0 aliphatic rings. The standard InChI is InChI=1S/C15H12ClNO5/c1-21-14-11(16)7-9(15(19)20)8-12(14)17-13(18)5-4-10-3-2-6-22-10/h2-8H,1H3,(H,17,18)(H,19,20)/b5-4+. The van der Waals surface area contributed by atoms with E-state index in [1.807, 2.05) is 0 Å². The number of rotatable bonds is 5. The maximum atomic E-state index is 11.9. The summed E-state index contributed by atoms with van der Waals surface area (Å²) >= 11 is 5.95. The molecule has 0 bridgehead atoms. The summed E-state index contributed by atoms with van der Waals surface area (Å²) in [5.74, 6) is -0.940. The number of halogens is 1. The largest absolute Gasteiger partial charge is 0.493 e. The van der Waals surface area contributed by atoms with Crippen molar-refractivity contribution in [2.24, 2.45) is 0 Å². The second-order valence-corrected chi connectivity index (χ2v) is 4.59. The Balaban J connectivity index is 2.24. The molecule has 0 aliphatic carbocycles. The maximum absolute atomic E-state index is 11.9. The van der Waals surface area contributed by atoms with Gasteiger partial charge in [0.1, 0.15) is 5.76 Å². The quantitative estimate of drug-likeness (QED) is 0.825. The number of ether oxygens (including phenoxy) is 1. The Labute approximate surface area is 131 Å². The third kappa shape index (κ3) is 3.67. The number of carboxylic acid groups (broad SMARTS) is 1. The van der Waals surface area contributed by atoms with Crippen molar-refractivity contribution in [3.63, 3.8) is 0 Å². The minimum atomic E-state index is -1.16. The lowest BCUT2D eigenvalue weighted by Crippen LogP contribution is -2.10. The molecule has 2 N–H and O–H groups in total. The fourth-order valence-electron chi connectivity index (χ4n) is 1.74. The minimum absolute atomic E-state index is 0.0592. The highest BCUT2D eigenvalue weighted by atomic mass is 35.5. The van der Waals surface area contributed by atoms with Crippen LogP contribution in [0, 0.1) is 0 Å². The van der Waals surface area contributed by atoms with Crippen molar-refractivity contribution in [3.05, 3.63) is 53.0 Å². The lowest BCUT2D eigenvalue weighted by molar-refractivity contribution is -0.111. The van der Waals surface area contributed by atoms with E-state index in [-0.39, 0.29) is 22.0 Å². The number of hydrogen-bond donors (Lipinski definition) is 2. The van der Waals surface area contributed by atoms with Crippen LogP contribution in [0.4, 0.5) is 5.69 Å². The Morgan fingerprint density at radius 1 is 1.41 bits per heavy atom. The first-order chi connectivity index (χ1) is 10.5. The predicted octanol–water partition coefficient (Wildman–Crippen LogP) is 3.29. The summed E-state index contributed by atoms with van der Waals surface area (Å²) < 4.78 is 10.1. The van der Waals surface area contributed by atoms with Crippen LogP contribution in [-0.2, 0) is 4.79 Å². The molecule has 22 heavy (non-hydrogen) atoms. The fourth-order valence-corrected chi connectivity index (χ4v) is 2.03. The van der Waals surface area contributed by atoms with Crippen LogP contribution in [-0.4, -0.2) is 24.1 Å². The van der Waals surface area contributed by atoms with Gasteiger partial charge in [-0.3, -0.25) is 4.79 Å². The Kier molecular flexibility index (Phi) is 4.85. The molecule has 1 aromatic heterocycles. The fraction of sp³-hybridized carbons (Fsp3) is 0.0667. The van der Waals surface area contributed by atoms with E-state index < -0.39 is 11.9 Å². The van der Waals surface area contributed by atoms with Crippen molar-refractivity contribution in [2.75, 3.05) is 12.4 Å². The van der Waals surface area contributed by atoms with E-state index in [4.69, 9.17) is 25.9 Å². The monoisotopic (exact) mass is 321 g/mol. The van der Waals surface area contributed by atoms with Crippen LogP contribution in [0.15, 0.2) is 41.0 Å². The molecule has 7 heteroatoms. The van der Waals surface area contributed by atoms with Gasteiger partial charge in [0, 0.05) is 6.08 Å². The molecule has 0 spiro atoms. The summed E-state index contributed by atoms with van der Waals surface area (Å²) in [5.41, 5.74) is 0.109. The molecule has 6 nitrogen and oxygen atoms in total. The Morgan fingerprint density at radius 3 is 2.77 bits per heavy atom. The third-order valence-electron chi connectivity index (χ3n) is 2.69. The number of methoxy groups -OCH3 is 1. The topological polar surface area (TPSA) is 88.8 Å². The van der Waals surface area contributed by atoms with E-state index in [1.165, 1.54) is 37.7 Å². The molecule has 2 aromatic rings. The van der Waals surface area contributed by atoms with Gasteiger partial charge < -0.3 is 19.6 Å². The minimum Gasteiger partial charge on any atom is -0.493 e. The van der Waals surface area contributed by atoms with Crippen LogP contribution >= 0.6 is 11.6 Å². The number of carboxylic acids is 1. The van der Waals surface area contributed by atoms with Gasteiger partial charge in [0.2, 0.25) is 5.91 Å². The molecular formula is C15H12ClNO5. The van der Waals surface area contributed by atoms with E-state index in [9.17, 15) is 9.59 Å². The molecule has 0 radical (unpaired) electrons. The highest BCUT2D eigenvalue weighted by molar-refractivity contribution is 6.33. The van der Waals surface area contributed by atoms with Crippen molar-refractivity contribution in [2.45, 2.75) is 0 Å². The number of carbonyl (C=O) groups excluding carboxylic acids is 1. The number of furan rings is 1. The molecule has 0 unspecified atom stereocenters. The zero-order chi connectivity index (χ0) is 16.1. The molecular weight excluding hydrogens is 310 g/mol. The van der Waals surface area contributed by atoms with Crippen LogP contribution in [0.25, 0.3) is 6.08 Å². The first-order valence-electron chi connectivity index (χ1n) is 6.14. The van der Waals surface area contributed by atoms with Gasteiger partial charge in [-0.05, 0) is 30.3 Å². The molecule has 0 saturated heterocycles.